The van der Waals surface area contributed by atoms with Crippen LogP contribution in [0.1, 0.15) is 36.1 Å². The van der Waals surface area contributed by atoms with Crippen LogP contribution in [-0.4, -0.2) is 34.4 Å². The van der Waals surface area contributed by atoms with Crippen LogP contribution in [0.15, 0.2) is 36.4 Å². The van der Waals surface area contributed by atoms with Crippen molar-refractivity contribution in [2.75, 3.05) is 18.9 Å². The Morgan fingerprint density at radius 2 is 1.95 bits per heavy atom. The van der Waals surface area contributed by atoms with E-state index in [-0.39, 0.29) is 5.91 Å². The van der Waals surface area contributed by atoms with Crippen molar-refractivity contribution in [3.05, 3.63) is 47.9 Å². The molecule has 1 aromatic heterocycles. The third-order valence-electron chi connectivity index (χ3n) is 3.30. The lowest BCUT2D eigenvalue weighted by molar-refractivity contribution is 0.0787. The van der Waals surface area contributed by atoms with Crippen molar-refractivity contribution >= 4 is 17.4 Å². The lowest BCUT2D eigenvalue weighted by atomic mass is 10.2. The standard InChI is InChI=1S/C17H22N4O/c1-4-5-11-21(3)17(22)15-12-16(19-13(2)18-15)20-14-9-7-6-8-10-14/h6-10,12H,4-5,11H2,1-3H3,(H,18,19,20). The molecule has 0 unspecified atom stereocenters. The van der Waals surface area contributed by atoms with Crippen LogP contribution in [0.5, 0.6) is 0 Å². The SMILES string of the molecule is CCCCN(C)C(=O)c1cc(Nc2ccccc2)nc(C)n1. The van der Waals surface area contributed by atoms with Crippen LogP contribution in [0.2, 0.25) is 0 Å². The van der Waals surface area contributed by atoms with Crippen molar-refractivity contribution in [3.63, 3.8) is 0 Å². The molecular formula is C17H22N4O. The van der Waals surface area contributed by atoms with E-state index in [1.165, 1.54) is 0 Å². The van der Waals surface area contributed by atoms with Gasteiger partial charge in [-0.3, -0.25) is 4.79 Å². The first-order valence-electron chi connectivity index (χ1n) is 7.53. The van der Waals surface area contributed by atoms with Crippen LogP contribution in [0, 0.1) is 6.92 Å². The van der Waals surface area contributed by atoms with Gasteiger partial charge in [0.2, 0.25) is 0 Å². The van der Waals surface area contributed by atoms with E-state index in [9.17, 15) is 4.79 Å². The molecule has 5 heteroatoms. The zero-order valence-corrected chi connectivity index (χ0v) is 13.3. The molecule has 0 fully saturated rings. The molecule has 0 atom stereocenters. The van der Waals surface area contributed by atoms with Crippen molar-refractivity contribution in [2.24, 2.45) is 0 Å². The van der Waals surface area contributed by atoms with Gasteiger partial charge in [-0.15, -0.1) is 0 Å². The minimum Gasteiger partial charge on any atom is -0.340 e. The molecule has 0 spiro atoms. The molecule has 2 rings (SSSR count). The first-order valence-corrected chi connectivity index (χ1v) is 7.53. The van der Waals surface area contributed by atoms with Crippen LogP contribution >= 0.6 is 0 Å². The van der Waals surface area contributed by atoms with E-state index in [2.05, 4.69) is 22.2 Å². The molecule has 1 N–H and O–H groups in total. The van der Waals surface area contributed by atoms with E-state index in [1.807, 2.05) is 30.3 Å². The molecule has 0 radical (unpaired) electrons. The van der Waals surface area contributed by atoms with Crippen molar-refractivity contribution in [1.29, 1.82) is 0 Å². The van der Waals surface area contributed by atoms with E-state index in [4.69, 9.17) is 0 Å². The van der Waals surface area contributed by atoms with Crippen molar-refractivity contribution in [2.45, 2.75) is 26.7 Å². The predicted octanol–water partition coefficient (Wildman–Crippen LogP) is 3.40. The van der Waals surface area contributed by atoms with Gasteiger partial charge in [-0.2, -0.15) is 0 Å². The number of hydrogen-bond donors (Lipinski definition) is 1. The molecule has 0 aliphatic carbocycles. The fourth-order valence-electron chi connectivity index (χ4n) is 2.10. The minimum atomic E-state index is -0.0740. The fraction of sp³-hybridized carbons (Fsp3) is 0.353. The molecular weight excluding hydrogens is 276 g/mol. The maximum absolute atomic E-state index is 12.4. The maximum Gasteiger partial charge on any atom is 0.272 e. The number of nitrogens with one attached hydrogen (secondary N) is 1. The Kier molecular flexibility index (Phi) is 5.47. The van der Waals surface area contributed by atoms with Crippen LogP contribution in [0.4, 0.5) is 11.5 Å². The monoisotopic (exact) mass is 298 g/mol. The number of aryl methyl sites for hydroxylation is 1. The highest BCUT2D eigenvalue weighted by Crippen LogP contribution is 2.15. The topological polar surface area (TPSA) is 58.1 Å². The Hall–Kier alpha value is -2.43. The summed E-state index contributed by atoms with van der Waals surface area (Å²) >= 11 is 0. The lowest BCUT2D eigenvalue weighted by Crippen LogP contribution is -2.28. The number of para-hydroxylation sites is 1. The molecule has 116 valence electrons. The van der Waals surface area contributed by atoms with Gasteiger partial charge in [0.25, 0.3) is 5.91 Å². The molecule has 1 heterocycles. The summed E-state index contributed by atoms with van der Waals surface area (Å²) < 4.78 is 0. The summed E-state index contributed by atoms with van der Waals surface area (Å²) in [5.74, 6) is 1.13. The lowest BCUT2D eigenvalue weighted by Gasteiger charge is -2.17. The van der Waals surface area contributed by atoms with Crippen LogP contribution < -0.4 is 5.32 Å². The number of anilines is 2. The Labute approximate surface area is 131 Å². The number of nitrogens with zero attached hydrogens (tertiary/aromatic N) is 3. The number of amides is 1. The van der Waals surface area contributed by atoms with Gasteiger partial charge in [-0.05, 0) is 25.5 Å². The maximum atomic E-state index is 12.4. The first kappa shape index (κ1) is 15.9. The molecule has 1 amide bonds. The molecule has 1 aromatic carbocycles. The van der Waals surface area contributed by atoms with E-state index in [1.54, 1.807) is 24.9 Å². The normalized spacial score (nSPS) is 10.3. The summed E-state index contributed by atoms with van der Waals surface area (Å²) in [6.45, 7) is 4.63. The van der Waals surface area contributed by atoms with Crippen molar-refractivity contribution in [1.82, 2.24) is 14.9 Å². The zero-order chi connectivity index (χ0) is 15.9. The van der Waals surface area contributed by atoms with Gasteiger partial charge in [-0.1, -0.05) is 31.5 Å². The summed E-state index contributed by atoms with van der Waals surface area (Å²) in [4.78, 5) is 22.7. The second kappa shape index (κ2) is 7.54. The minimum absolute atomic E-state index is 0.0740. The quantitative estimate of drug-likeness (QED) is 0.888. The number of hydrogen-bond acceptors (Lipinski definition) is 4. The molecule has 0 aliphatic heterocycles. The van der Waals surface area contributed by atoms with E-state index >= 15 is 0 Å². The third-order valence-corrected chi connectivity index (χ3v) is 3.30. The largest absolute Gasteiger partial charge is 0.340 e. The highest BCUT2D eigenvalue weighted by atomic mass is 16.2. The molecule has 0 saturated heterocycles. The van der Waals surface area contributed by atoms with Gasteiger partial charge in [0.1, 0.15) is 17.3 Å². The van der Waals surface area contributed by atoms with E-state index in [0.717, 1.165) is 25.1 Å². The van der Waals surface area contributed by atoms with Gasteiger partial charge in [0, 0.05) is 25.3 Å². The summed E-state index contributed by atoms with van der Waals surface area (Å²) in [7, 11) is 1.81. The Balaban J connectivity index is 2.17. The number of aromatic nitrogens is 2. The molecule has 0 saturated carbocycles. The number of unbranched alkanes of at least 4 members (excludes halogenated alkanes) is 1. The zero-order valence-electron chi connectivity index (χ0n) is 13.3. The van der Waals surface area contributed by atoms with Crippen LogP contribution in [0.3, 0.4) is 0 Å². The first-order chi connectivity index (χ1) is 10.6. The fourth-order valence-corrected chi connectivity index (χ4v) is 2.10. The molecule has 0 bridgehead atoms. The number of rotatable bonds is 6. The van der Waals surface area contributed by atoms with Crippen molar-refractivity contribution in [3.8, 4) is 0 Å². The smallest absolute Gasteiger partial charge is 0.272 e. The van der Waals surface area contributed by atoms with Crippen molar-refractivity contribution < 1.29 is 4.79 Å². The van der Waals surface area contributed by atoms with Gasteiger partial charge in [0.05, 0.1) is 0 Å². The highest BCUT2D eigenvalue weighted by Gasteiger charge is 2.14. The Morgan fingerprint density at radius 1 is 1.23 bits per heavy atom. The highest BCUT2D eigenvalue weighted by molar-refractivity contribution is 5.93. The van der Waals surface area contributed by atoms with Crippen LogP contribution in [0.25, 0.3) is 0 Å². The second-order valence-corrected chi connectivity index (χ2v) is 5.26. The van der Waals surface area contributed by atoms with Crippen LogP contribution in [-0.2, 0) is 0 Å². The summed E-state index contributed by atoms with van der Waals surface area (Å²) in [5.41, 5.74) is 1.35. The summed E-state index contributed by atoms with van der Waals surface area (Å²) in [5, 5.41) is 3.20. The number of carbonyl (C=O) groups is 1. The molecule has 22 heavy (non-hydrogen) atoms. The van der Waals surface area contributed by atoms with Gasteiger partial charge in [0.15, 0.2) is 0 Å². The molecule has 2 aromatic rings. The van der Waals surface area contributed by atoms with E-state index < -0.39 is 0 Å². The Bertz CT molecular complexity index is 628. The van der Waals surface area contributed by atoms with E-state index in [0.29, 0.717) is 17.3 Å². The second-order valence-electron chi connectivity index (χ2n) is 5.26. The number of carbonyl (C=O) groups excluding carboxylic acids is 1. The Morgan fingerprint density at radius 3 is 2.64 bits per heavy atom. The third kappa shape index (κ3) is 4.28. The average Bonchev–Trinajstić information content (AvgIpc) is 2.52. The van der Waals surface area contributed by atoms with Gasteiger partial charge >= 0.3 is 0 Å². The summed E-state index contributed by atoms with van der Waals surface area (Å²) in [6, 6.07) is 11.4. The molecule has 0 aliphatic rings. The van der Waals surface area contributed by atoms with Gasteiger partial charge in [-0.25, -0.2) is 9.97 Å². The number of benzene rings is 1. The van der Waals surface area contributed by atoms with Gasteiger partial charge < -0.3 is 10.2 Å². The predicted molar refractivity (Wildman–Crippen MR) is 88.4 cm³/mol. The average molecular weight is 298 g/mol. The molecule has 5 nitrogen and oxygen atoms in total. The summed E-state index contributed by atoms with van der Waals surface area (Å²) in [6.07, 6.45) is 2.04.